The van der Waals surface area contributed by atoms with Gasteiger partial charge in [0.05, 0.1) is 87.0 Å². The summed E-state index contributed by atoms with van der Waals surface area (Å²) in [5, 5.41) is 22.3. The van der Waals surface area contributed by atoms with Crippen LogP contribution in [0.1, 0.15) is 46.4 Å². The number of urea groups is 2. The lowest BCUT2D eigenvalue weighted by Crippen LogP contribution is -2.39. The number of anilines is 4. The maximum absolute atomic E-state index is 14.7. The normalized spacial score (nSPS) is 13.7. The van der Waals surface area contributed by atoms with Gasteiger partial charge in [0, 0.05) is 37.5 Å². The van der Waals surface area contributed by atoms with Crippen molar-refractivity contribution >= 4 is 109 Å². The molecule has 0 fully saturated rings. The second kappa shape index (κ2) is 36.1. The molecule has 8 amide bonds. The third-order valence-corrected chi connectivity index (χ3v) is 14.9. The number of amides is 8. The van der Waals surface area contributed by atoms with Crippen molar-refractivity contribution in [1.82, 2.24) is 44.6 Å². The number of halogens is 5. The number of carbonyl (C=O) groups excluding carboxylic acids is 6. The highest BCUT2D eigenvalue weighted by Crippen LogP contribution is 2.42. The predicted molar refractivity (Wildman–Crippen MR) is 331 cm³/mol. The molecule has 44 heteroatoms. The Morgan fingerprint density at radius 1 is 0.776 bits per heavy atom. The number of ether oxygens (including phenoxy) is 5. The van der Waals surface area contributed by atoms with Crippen LogP contribution in [0, 0.1) is 18.2 Å². The topological polar surface area (TPSA) is 486 Å². The molecule has 3 aliphatic rings. The van der Waals surface area contributed by atoms with E-state index in [1.165, 1.54) is 85.4 Å². The van der Waals surface area contributed by atoms with Gasteiger partial charge in [0.2, 0.25) is 35.4 Å². The number of alkyl halides is 4. The zero-order chi connectivity index (χ0) is 73.6. The number of carboxylic acid groups (broad SMARTS) is 2. The summed E-state index contributed by atoms with van der Waals surface area (Å²) in [7, 11) is -7.27. The number of fused-ring (bicyclic) bond motifs is 1. The van der Waals surface area contributed by atoms with Crippen molar-refractivity contribution in [2.45, 2.75) is 48.8 Å². The van der Waals surface area contributed by atoms with Crippen LogP contribution in [-0.4, -0.2) is 196 Å². The molecular formula is C54H59F5N13O22PS3. The number of hydrogen-bond donors (Lipinski definition) is 8. The summed E-state index contributed by atoms with van der Waals surface area (Å²) >= 11 is 0. The van der Waals surface area contributed by atoms with Crippen LogP contribution in [0.2, 0.25) is 0 Å². The summed E-state index contributed by atoms with van der Waals surface area (Å²) in [5.74, 6) is -5.88. The van der Waals surface area contributed by atoms with Crippen LogP contribution in [-0.2, 0) is 54.7 Å². The lowest BCUT2D eigenvalue weighted by atomic mass is 9.93. The molecule has 98 heavy (non-hydrogen) atoms. The van der Waals surface area contributed by atoms with Gasteiger partial charge < -0.3 is 53.1 Å². The van der Waals surface area contributed by atoms with Crippen molar-refractivity contribution < 1.29 is 125 Å². The number of nitrogens with zero attached hydrogens (tertiary/aromatic N) is 8. The van der Waals surface area contributed by atoms with Crippen molar-refractivity contribution in [3.63, 3.8) is 0 Å². The molecule has 1 aliphatic carbocycles. The van der Waals surface area contributed by atoms with Crippen LogP contribution >= 0.6 is 7.60 Å². The third kappa shape index (κ3) is 24.1. The van der Waals surface area contributed by atoms with Gasteiger partial charge >= 0.3 is 37.2 Å². The summed E-state index contributed by atoms with van der Waals surface area (Å²) in [6, 6.07) is 8.50. The number of sulfonamides is 2. The number of imide groups is 1. The van der Waals surface area contributed by atoms with E-state index >= 15 is 0 Å². The summed E-state index contributed by atoms with van der Waals surface area (Å²) < 4.78 is 150. The minimum absolute atomic E-state index is 0.0170. The first kappa shape index (κ1) is 80.1. The number of nitrogens with one attached hydrogen (secondary N) is 5. The maximum Gasteiger partial charge on any atom is 0.388 e. The fourth-order valence-corrected chi connectivity index (χ4v) is 10.4. The van der Waals surface area contributed by atoms with E-state index in [0.29, 0.717) is 40.9 Å². The van der Waals surface area contributed by atoms with Gasteiger partial charge in [-0.15, -0.1) is 6.42 Å². The highest BCUT2D eigenvalue weighted by Gasteiger charge is 2.42. The SMILES string of the molecule is C#CCN1C(=O)COc2cc(F)c(N3C(=O)C4=C(CCCC4)C3=O)cc21.COc1cc(OC)nc(NC(=O)NS(=O)(=O)c2ncccc2C(=O)N(C)C)n1.C[S+](C)C.O=C(Nc1nc(OC(F)F)cc(OC(F)F)n1)NS(=O)(=O)c1ccccc1C(=O)O.O=C(O)CNCP(=O)([O-])O. The highest BCUT2D eigenvalue weighted by atomic mass is 32.2. The zero-order valence-electron chi connectivity index (χ0n) is 52.0. The van der Waals surface area contributed by atoms with E-state index in [-0.39, 0.29) is 59.5 Å². The van der Waals surface area contributed by atoms with Crippen molar-refractivity contribution in [1.29, 1.82) is 0 Å². The Balaban J connectivity index is 0.000000284. The molecule has 5 heterocycles. The number of pyridine rings is 1. The molecule has 0 saturated heterocycles. The van der Waals surface area contributed by atoms with Gasteiger partial charge in [0.15, 0.2) is 17.5 Å². The van der Waals surface area contributed by atoms with E-state index in [9.17, 15) is 86.6 Å². The number of carboxylic acids is 2. The fourth-order valence-electron chi connectivity index (χ4n) is 7.83. The molecule has 530 valence electrons. The Hall–Kier alpha value is -10.4. The molecule has 0 saturated carbocycles. The van der Waals surface area contributed by atoms with Gasteiger partial charge in [-0.1, -0.05) is 18.1 Å². The average molecular weight is 1460 g/mol. The number of hydrogen-bond acceptors (Lipinski definition) is 25. The summed E-state index contributed by atoms with van der Waals surface area (Å²) in [5.41, 5.74) is 0.160. The van der Waals surface area contributed by atoms with Gasteiger partial charge in [-0.2, -0.15) is 45.9 Å². The number of rotatable bonds is 20. The Bertz CT molecular complexity index is 4090. The number of benzene rings is 2. The molecule has 2 aromatic carbocycles. The second-order valence-corrected chi connectivity index (χ2v) is 26.9. The monoisotopic (exact) mass is 1460 g/mol. The lowest BCUT2D eigenvalue weighted by molar-refractivity contribution is -0.193. The Morgan fingerprint density at radius 2 is 1.27 bits per heavy atom. The van der Waals surface area contributed by atoms with E-state index in [1.54, 1.807) is 10.0 Å². The molecule has 8 rings (SSSR count). The van der Waals surface area contributed by atoms with Gasteiger partial charge in [0.1, 0.15) is 18.2 Å². The molecule has 35 nitrogen and oxygen atoms in total. The molecule has 8 N–H and O–H groups in total. The van der Waals surface area contributed by atoms with Crippen LogP contribution in [0.4, 0.5) is 54.8 Å². The van der Waals surface area contributed by atoms with Crippen LogP contribution in [0.15, 0.2) is 87.9 Å². The maximum atomic E-state index is 14.7. The smallest absolute Gasteiger partial charge is 0.388 e. The predicted octanol–water partition coefficient (Wildman–Crippen LogP) is 2.58. The molecule has 3 aromatic heterocycles. The number of carbonyl (C=O) groups is 8. The highest BCUT2D eigenvalue weighted by molar-refractivity contribution is 7.94. The molecule has 0 radical (unpaired) electrons. The largest absolute Gasteiger partial charge is 0.778 e. The van der Waals surface area contributed by atoms with Crippen LogP contribution in [0.3, 0.4) is 0 Å². The summed E-state index contributed by atoms with van der Waals surface area (Å²) in [6.45, 7) is -7.56. The first-order valence-electron chi connectivity index (χ1n) is 27.0. The molecular weight excluding hydrogens is 1400 g/mol. The minimum Gasteiger partial charge on any atom is -0.778 e. The van der Waals surface area contributed by atoms with Gasteiger partial charge in [0.25, 0.3) is 43.7 Å². The quantitative estimate of drug-likeness (QED) is 0.0182. The Labute approximate surface area is 556 Å². The van der Waals surface area contributed by atoms with E-state index in [2.05, 4.69) is 64.4 Å². The number of terminal acetylenes is 1. The summed E-state index contributed by atoms with van der Waals surface area (Å²) in [6.07, 6.45) is 15.1. The van der Waals surface area contributed by atoms with E-state index in [4.69, 9.17) is 35.7 Å². The molecule has 0 bridgehead atoms. The molecule has 0 spiro atoms. The van der Waals surface area contributed by atoms with Crippen LogP contribution in [0.25, 0.3) is 0 Å². The molecule has 1 unspecified atom stereocenters. The number of aromatic carboxylic acids is 1. The molecule has 5 aromatic rings. The van der Waals surface area contributed by atoms with Crippen LogP contribution in [0.5, 0.6) is 29.3 Å². The first-order valence-corrected chi connectivity index (χ1v) is 34.2. The van der Waals surface area contributed by atoms with Gasteiger partial charge in [-0.05, 0) is 66.9 Å². The van der Waals surface area contributed by atoms with Crippen molar-refractivity contribution in [2.75, 3.05) is 93.5 Å². The number of methoxy groups -OCH3 is 2. The molecule has 1 atom stereocenters. The zero-order valence-corrected chi connectivity index (χ0v) is 55.3. The van der Waals surface area contributed by atoms with Crippen molar-refractivity contribution in [3.8, 4) is 41.6 Å². The van der Waals surface area contributed by atoms with Gasteiger partial charge in [-0.25, -0.2) is 46.5 Å². The minimum atomic E-state index is -4.71. The van der Waals surface area contributed by atoms with Crippen LogP contribution < -0.4 is 63.8 Å². The fraction of sp³-hybridized carbons (Fsp3) is 0.315. The van der Waals surface area contributed by atoms with E-state index in [1.807, 2.05) is 5.32 Å². The second-order valence-electron chi connectivity index (χ2n) is 19.6. The standard InChI is InChI=1S/C19H15FN2O4.C15H18N6O6S.C14H10F4N4O7S.C3H8NO5P.C3H9S/c1-2-7-21-15-9-14(13(20)8-16(15)26-10-17(21)23)22-18(24)11-5-3-4-6-12(11)19(22)25;1-21(2)13(22)9-6-5-7-16-12(9)28(24,25)20-15(23)19-14-17-10(26-3)8-11(18-14)27-4;15-11(16)28-8-5-9(29-12(17)18)20-13(19-8)21-14(25)22-30(26,27)7-4-2-1-3-6(7)10(23)24;5-3(6)1-4-2-10(7,8)9;1-4(2)3/h1,8-9H,3-7,10H2;5-8H,1-4H3,(H2,17,18,19,20,23);1-5,11-12H,(H,23,24)(H2,19,20,21,22,25);4H,1-2H2,(H,5,6)(H2,7,8,9);1-3H3/q;;;;+1/p-1. The Kier molecular flexibility index (Phi) is 29.5. The van der Waals surface area contributed by atoms with Crippen molar-refractivity contribution in [3.05, 3.63) is 95.0 Å². The van der Waals surface area contributed by atoms with E-state index in [0.717, 1.165) is 35.9 Å². The molecule has 2 aliphatic heterocycles. The van der Waals surface area contributed by atoms with Gasteiger partial charge in [-0.3, -0.25) is 44.8 Å². The number of aromatic nitrogens is 5. The Morgan fingerprint density at radius 3 is 1.73 bits per heavy atom. The van der Waals surface area contributed by atoms with Crippen molar-refractivity contribution in [2.24, 2.45) is 0 Å². The average Bonchev–Trinajstić information content (AvgIpc) is 1.55. The first-order chi connectivity index (χ1) is 45.8. The number of aliphatic carboxylic acids is 1. The van der Waals surface area contributed by atoms with E-state index < -0.39 is 134 Å². The summed E-state index contributed by atoms with van der Waals surface area (Å²) in [4.78, 5) is 133. The third-order valence-electron chi connectivity index (χ3n) is 11.6. The lowest BCUT2D eigenvalue weighted by Gasteiger charge is -2.29.